The van der Waals surface area contributed by atoms with E-state index in [0.717, 1.165) is 19.3 Å². The highest BCUT2D eigenvalue weighted by molar-refractivity contribution is 5.85. The van der Waals surface area contributed by atoms with Crippen LogP contribution < -0.4 is 0 Å². The smallest absolute Gasteiger partial charge is 0.313 e. The van der Waals surface area contributed by atoms with Gasteiger partial charge in [0, 0.05) is 19.3 Å². The molecule has 5 nitrogen and oxygen atoms in total. The quantitative estimate of drug-likeness (QED) is 0.125. The van der Waals surface area contributed by atoms with Crippen LogP contribution in [0.15, 0.2) is 0 Å². The van der Waals surface area contributed by atoms with E-state index in [9.17, 15) is 14.4 Å². The molecule has 0 aliphatic carbocycles. The zero-order valence-electron chi connectivity index (χ0n) is 18.7. The van der Waals surface area contributed by atoms with Crippen molar-refractivity contribution in [2.45, 2.75) is 135 Å². The van der Waals surface area contributed by atoms with Crippen molar-refractivity contribution < 1.29 is 24.2 Å². The summed E-state index contributed by atoms with van der Waals surface area (Å²) in [7, 11) is 0. The molecule has 0 heterocycles. The van der Waals surface area contributed by atoms with Crippen LogP contribution in [0.5, 0.6) is 0 Å². The van der Waals surface area contributed by atoms with Crippen LogP contribution in [-0.2, 0) is 19.1 Å². The molecule has 0 bridgehead atoms. The average Bonchev–Trinajstić information content (AvgIpc) is 2.68. The van der Waals surface area contributed by atoms with Gasteiger partial charge in [0.1, 0.15) is 0 Å². The highest BCUT2D eigenvalue weighted by Gasteiger charge is 2.10. The van der Waals surface area contributed by atoms with E-state index in [1.165, 1.54) is 77.0 Å². The van der Waals surface area contributed by atoms with Gasteiger partial charge < -0.3 is 9.84 Å². The molecule has 0 aromatic carbocycles. The first-order chi connectivity index (χ1) is 14.1. The summed E-state index contributed by atoms with van der Waals surface area (Å²) in [5.74, 6) is -1.87. The van der Waals surface area contributed by atoms with Gasteiger partial charge in [-0.15, -0.1) is 0 Å². The van der Waals surface area contributed by atoms with E-state index < -0.39 is 17.9 Å². The summed E-state index contributed by atoms with van der Waals surface area (Å²) in [6.45, 7) is 2.26. The zero-order valence-corrected chi connectivity index (χ0v) is 18.7. The van der Waals surface area contributed by atoms with Crippen LogP contribution in [0.1, 0.15) is 135 Å². The second-order valence-electron chi connectivity index (χ2n) is 8.15. The van der Waals surface area contributed by atoms with Gasteiger partial charge in [-0.2, -0.15) is 0 Å². The first kappa shape index (κ1) is 27.6. The molecule has 0 amide bonds. The van der Waals surface area contributed by atoms with Crippen LogP contribution in [0.2, 0.25) is 0 Å². The maximum Gasteiger partial charge on any atom is 0.313 e. The number of rotatable bonds is 21. The van der Waals surface area contributed by atoms with Gasteiger partial charge in [0.2, 0.25) is 0 Å². The third-order valence-electron chi connectivity index (χ3n) is 5.23. The van der Waals surface area contributed by atoms with E-state index in [-0.39, 0.29) is 12.8 Å². The molecule has 0 saturated carbocycles. The molecule has 0 rings (SSSR count). The van der Waals surface area contributed by atoms with Crippen molar-refractivity contribution in [2.75, 3.05) is 0 Å². The van der Waals surface area contributed by atoms with Crippen molar-refractivity contribution in [1.29, 1.82) is 0 Å². The molecule has 1 N–H and O–H groups in total. The lowest BCUT2D eigenvalue weighted by molar-refractivity contribution is -0.160. The SMILES string of the molecule is CCCCCCCCCCCCCCCCCC(=O)OC(=O)CCCCC(=O)O. The van der Waals surface area contributed by atoms with Crippen LogP contribution in [0, 0.1) is 0 Å². The molecule has 0 fully saturated rings. The second kappa shape index (κ2) is 21.3. The molecule has 0 aromatic heterocycles. The third kappa shape index (κ3) is 22.8. The van der Waals surface area contributed by atoms with Crippen molar-refractivity contribution in [3.8, 4) is 0 Å². The molecule has 170 valence electrons. The van der Waals surface area contributed by atoms with Crippen molar-refractivity contribution in [3.05, 3.63) is 0 Å². The lowest BCUT2D eigenvalue weighted by Gasteiger charge is -2.04. The highest BCUT2D eigenvalue weighted by atomic mass is 16.6. The second-order valence-corrected chi connectivity index (χ2v) is 8.15. The Morgan fingerprint density at radius 2 is 0.828 bits per heavy atom. The van der Waals surface area contributed by atoms with Gasteiger partial charge in [0.05, 0.1) is 0 Å². The fourth-order valence-corrected chi connectivity index (χ4v) is 3.42. The van der Waals surface area contributed by atoms with E-state index in [4.69, 9.17) is 9.84 Å². The van der Waals surface area contributed by atoms with Crippen molar-refractivity contribution >= 4 is 17.9 Å². The number of esters is 2. The topological polar surface area (TPSA) is 80.7 Å². The third-order valence-corrected chi connectivity index (χ3v) is 5.23. The van der Waals surface area contributed by atoms with Gasteiger partial charge >= 0.3 is 17.9 Å². The Morgan fingerprint density at radius 1 is 0.517 bits per heavy atom. The van der Waals surface area contributed by atoms with E-state index >= 15 is 0 Å². The Kier molecular flexibility index (Phi) is 20.3. The monoisotopic (exact) mass is 412 g/mol. The molecule has 0 radical (unpaired) electrons. The van der Waals surface area contributed by atoms with Crippen LogP contribution >= 0.6 is 0 Å². The van der Waals surface area contributed by atoms with Crippen LogP contribution in [0.25, 0.3) is 0 Å². The highest BCUT2D eigenvalue weighted by Crippen LogP contribution is 2.14. The minimum Gasteiger partial charge on any atom is -0.481 e. The Hall–Kier alpha value is -1.39. The Bertz CT molecular complexity index is 419. The van der Waals surface area contributed by atoms with Crippen LogP contribution in [0.4, 0.5) is 0 Å². The summed E-state index contributed by atoms with van der Waals surface area (Å²) in [6.07, 6.45) is 20.4. The Balaban J connectivity index is 3.28. The number of carbonyl (C=O) groups is 3. The van der Waals surface area contributed by atoms with Crippen LogP contribution in [0.3, 0.4) is 0 Å². The van der Waals surface area contributed by atoms with E-state index in [1.54, 1.807) is 0 Å². The summed E-state index contributed by atoms with van der Waals surface area (Å²) >= 11 is 0. The van der Waals surface area contributed by atoms with Crippen LogP contribution in [-0.4, -0.2) is 23.0 Å². The average molecular weight is 413 g/mol. The minimum absolute atomic E-state index is 0.0420. The number of aliphatic carboxylic acids is 1. The standard InChI is InChI=1S/C24H44O5/c1-2-3-4-5-6-7-8-9-10-11-12-13-14-15-16-20-23(27)29-24(28)21-18-17-19-22(25)26/h2-21H2,1H3,(H,25,26). The van der Waals surface area contributed by atoms with Gasteiger partial charge in [-0.1, -0.05) is 96.8 Å². The molecular formula is C24H44O5. The molecular weight excluding hydrogens is 368 g/mol. The van der Waals surface area contributed by atoms with E-state index in [2.05, 4.69) is 6.92 Å². The fraction of sp³-hybridized carbons (Fsp3) is 0.875. The van der Waals surface area contributed by atoms with Gasteiger partial charge in [-0.25, -0.2) is 0 Å². The number of carboxylic acid groups (broad SMARTS) is 1. The van der Waals surface area contributed by atoms with Gasteiger partial charge in [0.25, 0.3) is 0 Å². The molecule has 0 spiro atoms. The van der Waals surface area contributed by atoms with Gasteiger partial charge in [0.15, 0.2) is 0 Å². The molecule has 0 aliphatic rings. The first-order valence-electron chi connectivity index (χ1n) is 12.0. The number of carbonyl (C=O) groups excluding carboxylic acids is 2. The summed E-state index contributed by atoms with van der Waals surface area (Å²) < 4.78 is 4.75. The lowest BCUT2D eigenvalue weighted by Crippen LogP contribution is -2.12. The molecule has 0 unspecified atom stereocenters. The normalized spacial score (nSPS) is 10.8. The summed E-state index contributed by atoms with van der Waals surface area (Å²) in [4.78, 5) is 33.4. The zero-order chi connectivity index (χ0) is 21.6. The summed E-state index contributed by atoms with van der Waals surface area (Å²) in [5, 5.41) is 8.52. The number of hydrogen-bond acceptors (Lipinski definition) is 4. The maximum absolute atomic E-state index is 11.6. The number of hydrogen-bond donors (Lipinski definition) is 1. The largest absolute Gasteiger partial charge is 0.481 e. The fourth-order valence-electron chi connectivity index (χ4n) is 3.42. The molecule has 0 aliphatic heterocycles. The van der Waals surface area contributed by atoms with E-state index in [1.807, 2.05) is 0 Å². The van der Waals surface area contributed by atoms with Gasteiger partial charge in [-0.05, 0) is 19.3 Å². The Morgan fingerprint density at radius 3 is 1.21 bits per heavy atom. The molecule has 0 saturated heterocycles. The molecule has 29 heavy (non-hydrogen) atoms. The first-order valence-corrected chi connectivity index (χ1v) is 12.0. The summed E-state index contributed by atoms with van der Waals surface area (Å²) in [5.41, 5.74) is 0. The predicted octanol–water partition coefficient (Wildman–Crippen LogP) is 6.96. The molecule has 0 aromatic rings. The minimum atomic E-state index is -0.873. The molecule has 5 heteroatoms. The number of carboxylic acids is 1. The van der Waals surface area contributed by atoms with Crippen molar-refractivity contribution in [1.82, 2.24) is 0 Å². The lowest BCUT2D eigenvalue weighted by atomic mass is 10.0. The maximum atomic E-state index is 11.6. The van der Waals surface area contributed by atoms with E-state index in [0.29, 0.717) is 19.3 Å². The van der Waals surface area contributed by atoms with Crippen molar-refractivity contribution in [2.24, 2.45) is 0 Å². The number of ether oxygens (including phenoxy) is 1. The Labute approximate surface area is 178 Å². The van der Waals surface area contributed by atoms with Gasteiger partial charge in [-0.3, -0.25) is 14.4 Å². The molecule has 0 atom stereocenters. The van der Waals surface area contributed by atoms with Crippen molar-refractivity contribution in [3.63, 3.8) is 0 Å². The summed E-state index contributed by atoms with van der Waals surface area (Å²) in [6, 6.07) is 0. The predicted molar refractivity (Wildman–Crippen MR) is 117 cm³/mol. The number of unbranched alkanes of at least 4 members (excludes halogenated alkanes) is 15.